The molecule has 1 aromatic carbocycles. The maximum Gasteiger partial charge on any atom is 0.257 e. The zero-order valence-corrected chi connectivity index (χ0v) is 14.7. The van der Waals surface area contributed by atoms with Crippen molar-refractivity contribution in [3.8, 4) is 5.75 Å². The molecule has 1 heterocycles. The minimum absolute atomic E-state index is 0. The summed E-state index contributed by atoms with van der Waals surface area (Å²) < 4.78 is 5.18. The second-order valence-corrected chi connectivity index (χ2v) is 5.57. The third kappa shape index (κ3) is 4.99. The summed E-state index contributed by atoms with van der Waals surface area (Å²) in [5.74, 6) is 0.0845. The Labute approximate surface area is 147 Å². The lowest BCUT2D eigenvalue weighted by Crippen LogP contribution is -2.49. The van der Waals surface area contributed by atoms with Gasteiger partial charge in [-0.2, -0.15) is 0 Å². The molecular formula is C15H21Cl2N3O3. The molecule has 1 aromatic rings. The molecule has 0 aliphatic carbocycles. The van der Waals surface area contributed by atoms with Crippen LogP contribution in [0.3, 0.4) is 0 Å². The van der Waals surface area contributed by atoms with Crippen molar-refractivity contribution in [1.29, 1.82) is 0 Å². The molecule has 0 atom stereocenters. The summed E-state index contributed by atoms with van der Waals surface area (Å²) >= 11 is 5.89. The Kier molecular flexibility index (Phi) is 7.61. The molecule has 0 spiro atoms. The minimum atomic E-state index is -0.267. The van der Waals surface area contributed by atoms with E-state index in [1.165, 1.54) is 12.0 Å². The van der Waals surface area contributed by atoms with E-state index in [4.69, 9.17) is 16.3 Å². The van der Waals surface area contributed by atoms with Crippen LogP contribution in [0, 0.1) is 0 Å². The van der Waals surface area contributed by atoms with Gasteiger partial charge in [0.05, 0.1) is 19.2 Å². The molecule has 0 unspecified atom stereocenters. The summed E-state index contributed by atoms with van der Waals surface area (Å²) in [6.45, 7) is 2.96. The number of methoxy groups -OCH3 is 1. The summed E-state index contributed by atoms with van der Waals surface area (Å²) in [6.07, 6.45) is 0. The molecule has 1 saturated heterocycles. The van der Waals surface area contributed by atoms with Gasteiger partial charge in [-0.3, -0.25) is 9.59 Å². The second kappa shape index (κ2) is 8.96. The lowest BCUT2D eigenvalue weighted by molar-refractivity contribution is -0.132. The number of rotatable bonds is 4. The number of carbonyl (C=O) groups is 2. The number of halogens is 2. The molecule has 1 aliphatic rings. The fourth-order valence-corrected chi connectivity index (χ4v) is 2.50. The molecule has 0 radical (unpaired) electrons. The highest BCUT2D eigenvalue weighted by Crippen LogP contribution is 2.24. The SMILES string of the molecule is COc1cc(Cl)ccc1C(=O)N(C)CC(=O)N1CCNCC1.Cl. The van der Waals surface area contributed by atoms with Crippen molar-refractivity contribution in [3.63, 3.8) is 0 Å². The summed E-state index contributed by atoms with van der Waals surface area (Å²) in [5.41, 5.74) is 0.391. The van der Waals surface area contributed by atoms with Crippen molar-refractivity contribution in [3.05, 3.63) is 28.8 Å². The van der Waals surface area contributed by atoms with E-state index in [1.807, 2.05) is 0 Å². The maximum atomic E-state index is 12.5. The molecule has 2 amide bonds. The van der Waals surface area contributed by atoms with Gasteiger partial charge >= 0.3 is 0 Å². The van der Waals surface area contributed by atoms with Crippen molar-refractivity contribution in [2.24, 2.45) is 0 Å². The van der Waals surface area contributed by atoms with Crippen LogP contribution in [0.1, 0.15) is 10.4 Å². The van der Waals surface area contributed by atoms with Crippen LogP contribution in [0.5, 0.6) is 5.75 Å². The molecule has 2 rings (SSSR count). The molecule has 8 heteroatoms. The Morgan fingerprint density at radius 3 is 2.61 bits per heavy atom. The molecule has 128 valence electrons. The number of hydrogen-bond acceptors (Lipinski definition) is 4. The Morgan fingerprint density at radius 1 is 1.35 bits per heavy atom. The highest BCUT2D eigenvalue weighted by atomic mass is 35.5. The van der Waals surface area contributed by atoms with Crippen LogP contribution in [0.2, 0.25) is 5.02 Å². The fraction of sp³-hybridized carbons (Fsp3) is 0.467. The summed E-state index contributed by atoms with van der Waals surface area (Å²) in [7, 11) is 3.09. The first kappa shape index (κ1) is 19.5. The van der Waals surface area contributed by atoms with Crippen LogP contribution in [-0.4, -0.2) is 68.5 Å². The maximum absolute atomic E-state index is 12.5. The number of piperazine rings is 1. The van der Waals surface area contributed by atoms with Crippen molar-refractivity contribution in [2.45, 2.75) is 0 Å². The minimum Gasteiger partial charge on any atom is -0.496 e. The van der Waals surface area contributed by atoms with Gasteiger partial charge < -0.3 is 19.9 Å². The van der Waals surface area contributed by atoms with Crippen LogP contribution < -0.4 is 10.1 Å². The number of hydrogen-bond donors (Lipinski definition) is 1. The van der Waals surface area contributed by atoms with Crippen molar-refractivity contribution >= 4 is 35.8 Å². The molecule has 1 aliphatic heterocycles. The largest absolute Gasteiger partial charge is 0.496 e. The van der Waals surface area contributed by atoms with Crippen LogP contribution in [-0.2, 0) is 4.79 Å². The molecule has 1 N–H and O–H groups in total. The second-order valence-electron chi connectivity index (χ2n) is 5.14. The third-order valence-electron chi connectivity index (χ3n) is 3.58. The number of carbonyl (C=O) groups excluding carboxylic acids is 2. The normalized spacial score (nSPS) is 14.0. The smallest absolute Gasteiger partial charge is 0.257 e. The lowest BCUT2D eigenvalue weighted by Gasteiger charge is -2.29. The fourth-order valence-electron chi connectivity index (χ4n) is 2.34. The summed E-state index contributed by atoms with van der Waals surface area (Å²) in [4.78, 5) is 27.8. The zero-order valence-electron chi connectivity index (χ0n) is 13.2. The highest BCUT2D eigenvalue weighted by molar-refractivity contribution is 6.30. The molecule has 6 nitrogen and oxygen atoms in total. The van der Waals surface area contributed by atoms with Gasteiger partial charge in [0.25, 0.3) is 5.91 Å². The highest BCUT2D eigenvalue weighted by Gasteiger charge is 2.22. The third-order valence-corrected chi connectivity index (χ3v) is 3.82. The van der Waals surface area contributed by atoms with E-state index in [0.717, 1.165) is 13.1 Å². The predicted octanol–water partition coefficient (Wildman–Crippen LogP) is 1.27. The Hall–Kier alpha value is -1.50. The number of likely N-dealkylation sites (N-methyl/N-ethyl adjacent to an activating group) is 1. The Bertz CT molecular complexity index is 563. The number of benzene rings is 1. The molecule has 0 bridgehead atoms. The van der Waals surface area contributed by atoms with Crippen molar-refractivity contribution in [1.82, 2.24) is 15.1 Å². The van der Waals surface area contributed by atoms with E-state index in [9.17, 15) is 9.59 Å². The van der Waals surface area contributed by atoms with Crippen LogP contribution in [0.15, 0.2) is 18.2 Å². The quantitative estimate of drug-likeness (QED) is 0.877. The first-order valence-electron chi connectivity index (χ1n) is 7.10. The monoisotopic (exact) mass is 361 g/mol. The molecular weight excluding hydrogens is 341 g/mol. The van der Waals surface area contributed by atoms with E-state index >= 15 is 0 Å². The van der Waals surface area contributed by atoms with Gasteiger partial charge in [0.1, 0.15) is 5.75 Å². The first-order valence-corrected chi connectivity index (χ1v) is 7.48. The van der Waals surface area contributed by atoms with Gasteiger partial charge in [0.15, 0.2) is 0 Å². The summed E-state index contributed by atoms with van der Waals surface area (Å²) in [6, 6.07) is 4.82. The van der Waals surface area contributed by atoms with Gasteiger partial charge in [0, 0.05) is 38.2 Å². The van der Waals surface area contributed by atoms with E-state index in [-0.39, 0.29) is 30.8 Å². The number of ether oxygens (including phenoxy) is 1. The van der Waals surface area contributed by atoms with Gasteiger partial charge in [-0.1, -0.05) is 11.6 Å². The summed E-state index contributed by atoms with van der Waals surface area (Å²) in [5, 5.41) is 3.68. The Balaban J connectivity index is 0.00000264. The van der Waals surface area contributed by atoms with Crippen LogP contribution in [0.25, 0.3) is 0 Å². The predicted molar refractivity (Wildman–Crippen MR) is 91.7 cm³/mol. The van der Waals surface area contributed by atoms with Gasteiger partial charge in [-0.15, -0.1) is 12.4 Å². The number of nitrogens with one attached hydrogen (secondary N) is 1. The lowest BCUT2D eigenvalue weighted by atomic mass is 10.1. The van der Waals surface area contributed by atoms with E-state index < -0.39 is 0 Å². The zero-order chi connectivity index (χ0) is 16.1. The standard InChI is InChI=1S/C15H20ClN3O3.ClH/c1-18(10-14(20)19-7-5-17-6-8-19)15(21)12-4-3-11(16)9-13(12)22-2;/h3-4,9,17H,5-8,10H2,1-2H3;1H. The van der Waals surface area contributed by atoms with Crippen molar-refractivity contribution in [2.75, 3.05) is 46.9 Å². The molecule has 0 aromatic heterocycles. The van der Waals surface area contributed by atoms with Crippen LogP contribution >= 0.6 is 24.0 Å². The molecule has 23 heavy (non-hydrogen) atoms. The number of nitrogens with zero attached hydrogens (tertiary/aromatic N) is 2. The van der Waals surface area contributed by atoms with Gasteiger partial charge in [-0.05, 0) is 18.2 Å². The first-order chi connectivity index (χ1) is 10.5. The van der Waals surface area contributed by atoms with Gasteiger partial charge in [-0.25, -0.2) is 0 Å². The average molecular weight is 362 g/mol. The molecule has 0 saturated carbocycles. The Morgan fingerprint density at radius 2 is 2.00 bits per heavy atom. The molecule has 1 fully saturated rings. The van der Waals surface area contributed by atoms with Crippen molar-refractivity contribution < 1.29 is 14.3 Å². The van der Waals surface area contributed by atoms with Crippen LogP contribution in [0.4, 0.5) is 0 Å². The van der Waals surface area contributed by atoms with Gasteiger partial charge in [0.2, 0.25) is 5.91 Å². The average Bonchev–Trinajstić information content (AvgIpc) is 2.54. The topological polar surface area (TPSA) is 61.9 Å². The van der Waals surface area contributed by atoms with E-state index in [0.29, 0.717) is 29.4 Å². The van der Waals surface area contributed by atoms with E-state index in [2.05, 4.69) is 5.32 Å². The van der Waals surface area contributed by atoms with E-state index in [1.54, 1.807) is 30.1 Å². The number of amides is 2.